The molecular weight excluding hydrogens is 468 g/mol. The van der Waals surface area contributed by atoms with E-state index in [0.29, 0.717) is 12.5 Å². The van der Waals surface area contributed by atoms with Gasteiger partial charge in [0.2, 0.25) is 16.0 Å². The number of H-pyrrole nitrogens is 1. The molecule has 1 aliphatic heterocycles. The summed E-state index contributed by atoms with van der Waals surface area (Å²) in [7, 11) is -3.27. The molecule has 1 amide bonds. The first-order valence-electron chi connectivity index (χ1n) is 11.0. The van der Waals surface area contributed by atoms with Crippen LogP contribution < -0.4 is 15.1 Å². The molecule has 35 heavy (non-hydrogen) atoms. The highest BCUT2D eigenvalue weighted by molar-refractivity contribution is 7.88. The number of sulfonamides is 1. The van der Waals surface area contributed by atoms with Crippen LogP contribution in [0.15, 0.2) is 54.9 Å². The Morgan fingerprint density at radius 1 is 1.14 bits per heavy atom. The van der Waals surface area contributed by atoms with Crippen molar-refractivity contribution in [1.82, 2.24) is 25.2 Å². The molecule has 11 heteroatoms. The topological polar surface area (TPSA) is 140 Å². The lowest BCUT2D eigenvalue weighted by atomic mass is 9.99. The normalized spacial score (nSPS) is 13.6. The van der Waals surface area contributed by atoms with Gasteiger partial charge >= 0.3 is 0 Å². The smallest absolute Gasteiger partial charge is 0.277 e. The zero-order valence-electron chi connectivity index (χ0n) is 18.9. The monoisotopic (exact) mass is 492 g/mol. The number of anilines is 1. The number of nitrogens with one attached hydrogen (secondary N) is 3. The molecule has 0 saturated heterocycles. The van der Waals surface area contributed by atoms with Crippen molar-refractivity contribution >= 4 is 32.8 Å². The summed E-state index contributed by atoms with van der Waals surface area (Å²) >= 11 is 0. The number of nitrogens with zero attached hydrogens (tertiary/aromatic N) is 3. The van der Waals surface area contributed by atoms with Crippen molar-refractivity contribution in [2.24, 2.45) is 0 Å². The molecule has 0 unspecified atom stereocenters. The molecule has 2 aromatic heterocycles. The van der Waals surface area contributed by atoms with Crippen LogP contribution in [0, 0.1) is 0 Å². The summed E-state index contributed by atoms with van der Waals surface area (Å²) in [4.78, 5) is 25.7. The van der Waals surface area contributed by atoms with E-state index in [2.05, 4.69) is 42.8 Å². The highest BCUT2D eigenvalue weighted by Crippen LogP contribution is 2.32. The van der Waals surface area contributed by atoms with Crippen LogP contribution in [0.25, 0.3) is 22.0 Å². The van der Waals surface area contributed by atoms with Crippen molar-refractivity contribution in [3.8, 4) is 11.1 Å². The summed E-state index contributed by atoms with van der Waals surface area (Å²) in [5, 5.41) is 9.88. The van der Waals surface area contributed by atoms with Crippen LogP contribution in [-0.4, -0.2) is 47.3 Å². The van der Waals surface area contributed by atoms with E-state index in [1.807, 2.05) is 24.3 Å². The predicted molar refractivity (Wildman–Crippen MR) is 131 cm³/mol. The number of rotatable bonds is 6. The van der Waals surface area contributed by atoms with E-state index in [0.717, 1.165) is 46.8 Å². The van der Waals surface area contributed by atoms with Crippen molar-refractivity contribution in [2.75, 3.05) is 17.7 Å². The predicted octanol–water partition coefficient (Wildman–Crippen LogP) is 2.36. The Morgan fingerprint density at radius 3 is 2.66 bits per heavy atom. The summed E-state index contributed by atoms with van der Waals surface area (Å²) in [5.74, 6) is -0.139. The molecule has 0 fully saturated rings. The largest absolute Gasteiger partial charge is 0.358 e. The molecule has 10 nitrogen and oxygen atoms in total. The van der Waals surface area contributed by atoms with Gasteiger partial charge in [-0.3, -0.25) is 10.0 Å². The summed E-state index contributed by atoms with van der Waals surface area (Å²) in [6, 6.07) is 14.1. The van der Waals surface area contributed by atoms with Gasteiger partial charge in [0.15, 0.2) is 0 Å². The van der Waals surface area contributed by atoms with Crippen LogP contribution in [0.3, 0.4) is 0 Å². The number of aromatic nitrogens is 3. The fourth-order valence-electron chi connectivity index (χ4n) is 4.31. The second-order valence-corrected chi connectivity index (χ2v) is 10.4. The third kappa shape index (κ3) is 4.87. The molecule has 0 atom stereocenters. The van der Waals surface area contributed by atoms with Gasteiger partial charge in [-0.05, 0) is 34.9 Å². The van der Waals surface area contributed by atoms with E-state index >= 15 is 0 Å². The Bertz CT molecular complexity index is 1520. The van der Waals surface area contributed by atoms with Gasteiger partial charge in [-0.15, -0.1) is 0 Å². The molecule has 0 saturated carbocycles. The Labute approximate surface area is 202 Å². The summed E-state index contributed by atoms with van der Waals surface area (Å²) in [5.41, 5.74) is 8.07. The fraction of sp³-hybridized carbons (Fsp3) is 0.208. The van der Waals surface area contributed by atoms with Crippen LogP contribution in [0.2, 0.25) is 0 Å². The van der Waals surface area contributed by atoms with Crippen molar-refractivity contribution in [3.63, 3.8) is 0 Å². The average Bonchev–Trinajstić information content (AvgIpc) is 3.24. The van der Waals surface area contributed by atoms with Crippen LogP contribution >= 0.6 is 0 Å². The minimum atomic E-state index is -3.27. The number of aromatic amines is 1. The highest BCUT2D eigenvalue weighted by atomic mass is 32.2. The fourth-order valence-corrected chi connectivity index (χ4v) is 4.73. The van der Waals surface area contributed by atoms with E-state index in [1.54, 1.807) is 5.48 Å². The molecule has 1 aliphatic rings. The Balaban J connectivity index is 1.43. The van der Waals surface area contributed by atoms with Gasteiger partial charge in [-0.25, -0.2) is 28.6 Å². The van der Waals surface area contributed by atoms with Gasteiger partial charge in [0.1, 0.15) is 0 Å². The summed E-state index contributed by atoms with van der Waals surface area (Å²) < 4.78 is 25.4. The third-order valence-corrected chi connectivity index (χ3v) is 6.73. The quantitative estimate of drug-likeness (QED) is 0.239. The molecule has 4 N–H and O–H groups in total. The highest BCUT2D eigenvalue weighted by Gasteiger charge is 2.23. The molecular formula is C24H24N6O4S. The van der Waals surface area contributed by atoms with Crippen molar-refractivity contribution < 1.29 is 18.4 Å². The van der Waals surface area contributed by atoms with Crippen LogP contribution in [0.1, 0.15) is 27.2 Å². The number of hydrogen-bond donors (Lipinski definition) is 4. The summed E-state index contributed by atoms with van der Waals surface area (Å²) in [6.07, 6.45) is 4.73. The van der Waals surface area contributed by atoms with E-state index in [1.165, 1.54) is 23.7 Å². The first-order valence-corrected chi connectivity index (χ1v) is 12.9. The molecule has 180 valence electrons. The number of carbonyl (C=O) groups is 1. The van der Waals surface area contributed by atoms with Gasteiger partial charge < -0.3 is 9.88 Å². The number of hydroxylamine groups is 1. The van der Waals surface area contributed by atoms with E-state index in [-0.39, 0.29) is 12.1 Å². The van der Waals surface area contributed by atoms with Crippen LogP contribution in [0.5, 0.6) is 0 Å². The molecule has 0 spiro atoms. The molecule has 0 aliphatic carbocycles. The molecule has 0 bridgehead atoms. The Hall–Kier alpha value is -3.80. The summed E-state index contributed by atoms with van der Waals surface area (Å²) in [6.45, 7) is 1.58. The molecule has 2 aromatic carbocycles. The van der Waals surface area contributed by atoms with E-state index < -0.39 is 15.9 Å². The van der Waals surface area contributed by atoms with Gasteiger partial charge in [-0.1, -0.05) is 24.3 Å². The Kier molecular flexibility index (Phi) is 5.97. The second-order valence-electron chi connectivity index (χ2n) is 8.52. The third-order valence-electron chi connectivity index (χ3n) is 6.06. The number of amides is 1. The standard InChI is InChI=1S/C24H24N6O4S/c1-35(33,34)27-11-15-3-2-4-16(9-15)17-5-6-21-19(10-17)20-14-30(8-7-22(20)28-21)24-25-12-18(13-26-24)23(31)29-32/h2-6,9-10,12-13,27-28,32H,7-8,11,14H2,1H3,(H,29,31). The van der Waals surface area contributed by atoms with Crippen molar-refractivity contribution in [3.05, 3.63) is 77.2 Å². The maximum Gasteiger partial charge on any atom is 0.277 e. The zero-order valence-corrected chi connectivity index (χ0v) is 19.8. The average molecular weight is 493 g/mol. The zero-order chi connectivity index (χ0) is 24.6. The second kappa shape index (κ2) is 9.10. The molecule has 5 rings (SSSR count). The van der Waals surface area contributed by atoms with Gasteiger partial charge in [0.25, 0.3) is 5.91 Å². The number of carbonyl (C=O) groups excluding carboxylic acids is 1. The first kappa shape index (κ1) is 23.0. The van der Waals surface area contributed by atoms with Crippen molar-refractivity contribution in [2.45, 2.75) is 19.5 Å². The SMILES string of the molecule is CS(=O)(=O)NCc1cccc(-c2ccc3[nH]c4c(c3c2)CN(c2ncc(C(=O)NO)cn2)CC4)c1. The lowest BCUT2D eigenvalue weighted by molar-refractivity contribution is 0.0705. The van der Waals surface area contributed by atoms with Gasteiger partial charge in [0.05, 0.1) is 11.8 Å². The van der Waals surface area contributed by atoms with Crippen LogP contribution in [-0.2, 0) is 29.5 Å². The lowest BCUT2D eigenvalue weighted by Gasteiger charge is -2.27. The minimum Gasteiger partial charge on any atom is -0.358 e. The molecule has 4 aromatic rings. The minimum absolute atomic E-state index is 0.180. The number of benzene rings is 2. The first-order chi connectivity index (χ1) is 16.8. The number of hydrogen-bond acceptors (Lipinski definition) is 7. The maximum absolute atomic E-state index is 11.5. The number of fused-ring (bicyclic) bond motifs is 3. The van der Waals surface area contributed by atoms with Gasteiger partial charge in [-0.2, -0.15) is 0 Å². The van der Waals surface area contributed by atoms with Gasteiger partial charge in [0, 0.05) is 60.6 Å². The van der Waals surface area contributed by atoms with E-state index in [4.69, 9.17) is 5.21 Å². The van der Waals surface area contributed by atoms with Crippen LogP contribution in [0.4, 0.5) is 5.95 Å². The van der Waals surface area contributed by atoms with Crippen molar-refractivity contribution in [1.29, 1.82) is 0 Å². The van der Waals surface area contributed by atoms with E-state index in [9.17, 15) is 13.2 Å². The molecule has 3 heterocycles. The molecule has 0 radical (unpaired) electrons. The Morgan fingerprint density at radius 2 is 1.91 bits per heavy atom. The lowest BCUT2D eigenvalue weighted by Crippen LogP contribution is -2.31. The maximum atomic E-state index is 11.5.